The fourth-order valence-corrected chi connectivity index (χ4v) is 2.89. The number of hydrogen-bond donors (Lipinski definition) is 1. The van der Waals surface area contributed by atoms with Gasteiger partial charge in [0.1, 0.15) is 18.1 Å². The van der Waals surface area contributed by atoms with E-state index in [2.05, 4.69) is 5.32 Å². The van der Waals surface area contributed by atoms with Crippen molar-refractivity contribution < 1.29 is 23.5 Å². The number of nitrogens with one attached hydrogen (secondary N) is 1. The molecule has 0 saturated heterocycles. The smallest absolute Gasteiger partial charge is 0.268 e. The Morgan fingerprint density at radius 3 is 2.67 bits per heavy atom. The molecule has 7 nitrogen and oxygen atoms in total. The van der Waals surface area contributed by atoms with Gasteiger partial charge in [0.05, 0.1) is 18.5 Å². The predicted octanol–water partition coefficient (Wildman–Crippen LogP) is 2.55. The van der Waals surface area contributed by atoms with Crippen molar-refractivity contribution in [2.45, 2.75) is 33.4 Å². The van der Waals surface area contributed by atoms with Crippen molar-refractivity contribution in [2.75, 3.05) is 11.4 Å². The SMILES string of the molecule is CC(=O)c1ccc2c(c1)N(CC(=O)NCc1ccco1)C(=O)C(C(C)C)O2. The summed E-state index contributed by atoms with van der Waals surface area (Å²) >= 11 is 0. The van der Waals surface area contributed by atoms with Crippen LogP contribution in [0.4, 0.5) is 5.69 Å². The molecule has 1 aliphatic heterocycles. The fourth-order valence-electron chi connectivity index (χ4n) is 2.89. The van der Waals surface area contributed by atoms with Gasteiger partial charge in [0.25, 0.3) is 5.91 Å². The van der Waals surface area contributed by atoms with Gasteiger partial charge in [0.2, 0.25) is 5.91 Å². The van der Waals surface area contributed by atoms with E-state index in [1.165, 1.54) is 18.1 Å². The standard InChI is InChI=1S/C20H22N2O5/c1-12(2)19-20(25)22(11-18(24)21-10-15-5-4-8-26-15)16-9-14(13(3)23)6-7-17(16)27-19/h4-9,12,19H,10-11H2,1-3H3,(H,21,24). The summed E-state index contributed by atoms with van der Waals surface area (Å²) in [7, 11) is 0. The number of fused-ring (bicyclic) bond motifs is 1. The maximum Gasteiger partial charge on any atom is 0.268 e. The lowest BCUT2D eigenvalue weighted by molar-refractivity contribution is -0.130. The van der Waals surface area contributed by atoms with E-state index >= 15 is 0 Å². The monoisotopic (exact) mass is 370 g/mol. The number of rotatable bonds is 6. The van der Waals surface area contributed by atoms with Crippen molar-refractivity contribution in [1.29, 1.82) is 0 Å². The number of hydrogen-bond acceptors (Lipinski definition) is 5. The maximum absolute atomic E-state index is 12.9. The number of carbonyl (C=O) groups is 3. The van der Waals surface area contributed by atoms with Crippen molar-refractivity contribution in [1.82, 2.24) is 5.32 Å². The maximum atomic E-state index is 12.9. The number of amides is 2. The summed E-state index contributed by atoms with van der Waals surface area (Å²) < 4.78 is 11.0. The molecule has 1 atom stereocenters. The highest BCUT2D eigenvalue weighted by Gasteiger charge is 2.37. The summed E-state index contributed by atoms with van der Waals surface area (Å²) in [6.07, 6.45) is 0.846. The number of nitrogens with zero attached hydrogens (tertiary/aromatic N) is 1. The van der Waals surface area contributed by atoms with E-state index in [9.17, 15) is 14.4 Å². The third-order valence-electron chi connectivity index (χ3n) is 4.37. The van der Waals surface area contributed by atoms with Crippen LogP contribution in [-0.4, -0.2) is 30.2 Å². The van der Waals surface area contributed by atoms with Gasteiger partial charge in [-0.2, -0.15) is 0 Å². The first kappa shape index (κ1) is 18.7. The first-order chi connectivity index (χ1) is 12.9. The normalized spacial score (nSPS) is 16.1. The zero-order chi connectivity index (χ0) is 19.6. The molecule has 142 valence electrons. The quantitative estimate of drug-likeness (QED) is 0.790. The highest BCUT2D eigenvalue weighted by molar-refractivity contribution is 6.05. The average Bonchev–Trinajstić information content (AvgIpc) is 3.15. The van der Waals surface area contributed by atoms with E-state index in [0.29, 0.717) is 22.8 Å². The van der Waals surface area contributed by atoms with E-state index in [4.69, 9.17) is 9.15 Å². The summed E-state index contributed by atoms with van der Waals surface area (Å²) in [4.78, 5) is 38.4. The van der Waals surface area contributed by atoms with Gasteiger partial charge < -0.3 is 14.5 Å². The first-order valence-electron chi connectivity index (χ1n) is 8.79. The molecule has 0 aliphatic carbocycles. The molecule has 2 amide bonds. The summed E-state index contributed by atoms with van der Waals surface area (Å²) in [5, 5.41) is 2.73. The van der Waals surface area contributed by atoms with E-state index in [-0.39, 0.29) is 36.6 Å². The van der Waals surface area contributed by atoms with E-state index in [1.807, 2.05) is 13.8 Å². The lowest BCUT2D eigenvalue weighted by atomic mass is 10.0. The molecule has 0 bridgehead atoms. The number of benzene rings is 1. The van der Waals surface area contributed by atoms with Crippen LogP contribution in [0.3, 0.4) is 0 Å². The average molecular weight is 370 g/mol. The number of furan rings is 1. The molecule has 2 aromatic rings. The topological polar surface area (TPSA) is 88.9 Å². The van der Waals surface area contributed by atoms with Crippen molar-refractivity contribution in [3.05, 3.63) is 47.9 Å². The van der Waals surface area contributed by atoms with Gasteiger partial charge in [-0.3, -0.25) is 19.3 Å². The van der Waals surface area contributed by atoms with Crippen LogP contribution in [0.5, 0.6) is 5.75 Å². The third-order valence-corrected chi connectivity index (χ3v) is 4.37. The Kier molecular flexibility index (Phi) is 5.30. The molecule has 1 unspecified atom stereocenters. The van der Waals surface area contributed by atoms with Crippen LogP contribution < -0.4 is 15.0 Å². The molecular weight excluding hydrogens is 348 g/mol. The van der Waals surface area contributed by atoms with Gasteiger partial charge in [0, 0.05) is 5.56 Å². The van der Waals surface area contributed by atoms with Gasteiger partial charge in [0.15, 0.2) is 11.9 Å². The van der Waals surface area contributed by atoms with Gasteiger partial charge in [-0.15, -0.1) is 0 Å². The third kappa shape index (κ3) is 4.02. The molecular formula is C20H22N2O5. The summed E-state index contributed by atoms with van der Waals surface area (Å²) in [6, 6.07) is 8.40. The van der Waals surface area contributed by atoms with Crippen LogP contribution in [0.25, 0.3) is 0 Å². The molecule has 1 aromatic carbocycles. The number of ether oxygens (including phenoxy) is 1. The molecule has 1 aromatic heterocycles. The van der Waals surface area contributed by atoms with Crippen molar-refractivity contribution in [3.8, 4) is 5.75 Å². The van der Waals surface area contributed by atoms with Crippen molar-refractivity contribution in [2.24, 2.45) is 5.92 Å². The van der Waals surface area contributed by atoms with Crippen LogP contribution in [0, 0.1) is 5.92 Å². The van der Waals surface area contributed by atoms with E-state index < -0.39 is 6.10 Å². The van der Waals surface area contributed by atoms with Crippen LogP contribution in [0.1, 0.15) is 36.9 Å². The van der Waals surface area contributed by atoms with Crippen molar-refractivity contribution >= 4 is 23.3 Å². The van der Waals surface area contributed by atoms with Gasteiger partial charge in [-0.05, 0) is 43.2 Å². The fraction of sp³-hybridized carbons (Fsp3) is 0.350. The molecule has 1 N–H and O–H groups in total. The molecule has 2 heterocycles. The molecule has 0 saturated carbocycles. The number of anilines is 1. The minimum atomic E-state index is -0.682. The minimum absolute atomic E-state index is 0.0631. The number of carbonyl (C=O) groups excluding carboxylic acids is 3. The second-order valence-electron chi connectivity index (χ2n) is 6.80. The highest BCUT2D eigenvalue weighted by Crippen LogP contribution is 2.36. The largest absolute Gasteiger partial charge is 0.478 e. The lowest BCUT2D eigenvalue weighted by Crippen LogP contribution is -2.51. The van der Waals surface area contributed by atoms with E-state index in [0.717, 1.165) is 0 Å². The Labute approximate surface area is 157 Å². The molecule has 0 spiro atoms. The summed E-state index contributed by atoms with van der Waals surface area (Å²) in [5.74, 6) is 0.285. The van der Waals surface area contributed by atoms with Gasteiger partial charge in [-0.1, -0.05) is 13.8 Å². The van der Waals surface area contributed by atoms with Crippen LogP contribution in [0.2, 0.25) is 0 Å². The van der Waals surface area contributed by atoms with E-state index in [1.54, 1.807) is 30.3 Å². The molecule has 7 heteroatoms. The van der Waals surface area contributed by atoms with Gasteiger partial charge in [-0.25, -0.2) is 0 Å². The van der Waals surface area contributed by atoms with Crippen LogP contribution >= 0.6 is 0 Å². The van der Waals surface area contributed by atoms with Crippen LogP contribution in [-0.2, 0) is 16.1 Å². The number of Topliss-reactive ketones (excluding diaryl/α,β-unsaturated/α-hetero) is 1. The highest BCUT2D eigenvalue weighted by atomic mass is 16.5. The Morgan fingerprint density at radius 1 is 1.26 bits per heavy atom. The van der Waals surface area contributed by atoms with Gasteiger partial charge >= 0.3 is 0 Å². The molecule has 27 heavy (non-hydrogen) atoms. The second-order valence-corrected chi connectivity index (χ2v) is 6.80. The minimum Gasteiger partial charge on any atom is -0.478 e. The van der Waals surface area contributed by atoms with Crippen LogP contribution in [0.15, 0.2) is 41.0 Å². The second kappa shape index (κ2) is 7.65. The molecule has 0 radical (unpaired) electrons. The Bertz CT molecular complexity index is 857. The Hall–Kier alpha value is -3.09. The van der Waals surface area contributed by atoms with Crippen molar-refractivity contribution in [3.63, 3.8) is 0 Å². The lowest BCUT2D eigenvalue weighted by Gasteiger charge is -2.35. The summed E-state index contributed by atoms with van der Waals surface area (Å²) in [6.45, 7) is 5.28. The number of ketones is 1. The zero-order valence-electron chi connectivity index (χ0n) is 15.5. The molecule has 1 aliphatic rings. The zero-order valence-corrected chi connectivity index (χ0v) is 15.5. The summed E-state index contributed by atoms with van der Waals surface area (Å²) in [5.41, 5.74) is 0.881. The first-order valence-corrected chi connectivity index (χ1v) is 8.79. The Morgan fingerprint density at radius 2 is 2.04 bits per heavy atom. The molecule has 0 fully saturated rings. The Balaban J connectivity index is 1.84. The predicted molar refractivity (Wildman–Crippen MR) is 98.6 cm³/mol. The molecule has 3 rings (SSSR count).